The maximum Gasteiger partial charge on any atom is 0.242 e. The molecule has 110 valence electrons. The predicted molar refractivity (Wildman–Crippen MR) is 75.5 cm³/mol. The standard InChI is InChI=1S/C13H19N3O3S/c1-3-14-8-11-7-13(10-16(11)2)20(17,18)15-9-12-5-4-6-19-12/h4-7,10,14-15H,3,8-9H2,1-2H3. The van der Waals surface area contributed by atoms with Gasteiger partial charge >= 0.3 is 0 Å². The van der Waals surface area contributed by atoms with Crippen LogP contribution in [0.15, 0.2) is 40.0 Å². The molecule has 0 radical (unpaired) electrons. The Morgan fingerprint density at radius 2 is 2.15 bits per heavy atom. The maximum absolute atomic E-state index is 12.2. The van der Waals surface area contributed by atoms with Crippen LogP contribution in [0.25, 0.3) is 0 Å². The number of aromatic nitrogens is 1. The molecule has 0 amide bonds. The molecular weight excluding hydrogens is 278 g/mol. The average molecular weight is 297 g/mol. The lowest BCUT2D eigenvalue weighted by Crippen LogP contribution is -2.22. The summed E-state index contributed by atoms with van der Waals surface area (Å²) >= 11 is 0. The predicted octanol–water partition coefficient (Wildman–Crippen LogP) is 1.21. The van der Waals surface area contributed by atoms with E-state index in [9.17, 15) is 8.42 Å². The zero-order valence-corrected chi connectivity index (χ0v) is 12.4. The highest BCUT2D eigenvalue weighted by Crippen LogP contribution is 2.14. The fourth-order valence-corrected chi connectivity index (χ4v) is 2.90. The van der Waals surface area contributed by atoms with E-state index in [1.54, 1.807) is 24.4 Å². The highest BCUT2D eigenvalue weighted by molar-refractivity contribution is 7.89. The number of nitrogens with one attached hydrogen (secondary N) is 2. The van der Waals surface area contributed by atoms with Gasteiger partial charge in [0.15, 0.2) is 0 Å². The monoisotopic (exact) mass is 297 g/mol. The summed E-state index contributed by atoms with van der Waals surface area (Å²) in [6.07, 6.45) is 3.12. The molecule has 2 N–H and O–H groups in total. The highest BCUT2D eigenvalue weighted by atomic mass is 32.2. The molecule has 0 spiro atoms. The number of aryl methyl sites for hydroxylation is 1. The number of sulfonamides is 1. The number of hydrogen-bond donors (Lipinski definition) is 2. The summed E-state index contributed by atoms with van der Waals surface area (Å²) in [5.41, 5.74) is 0.922. The Balaban J connectivity index is 2.09. The zero-order valence-electron chi connectivity index (χ0n) is 11.6. The third-order valence-electron chi connectivity index (χ3n) is 2.97. The van der Waals surface area contributed by atoms with Crippen LogP contribution in [0.2, 0.25) is 0 Å². The fourth-order valence-electron chi connectivity index (χ4n) is 1.82. The number of hydrogen-bond acceptors (Lipinski definition) is 4. The van der Waals surface area contributed by atoms with Crippen LogP contribution in [-0.2, 0) is 30.2 Å². The average Bonchev–Trinajstić information content (AvgIpc) is 3.04. The summed E-state index contributed by atoms with van der Waals surface area (Å²) in [5.74, 6) is 0.581. The summed E-state index contributed by atoms with van der Waals surface area (Å²) in [5, 5.41) is 3.17. The minimum atomic E-state index is -3.52. The second-order valence-electron chi connectivity index (χ2n) is 4.46. The van der Waals surface area contributed by atoms with Crippen molar-refractivity contribution in [3.05, 3.63) is 42.1 Å². The van der Waals surface area contributed by atoms with Gasteiger partial charge in [-0.05, 0) is 24.7 Å². The van der Waals surface area contributed by atoms with E-state index >= 15 is 0 Å². The van der Waals surface area contributed by atoms with Crippen LogP contribution in [0.3, 0.4) is 0 Å². The van der Waals surface area contributed by atoms with Crippen LogP contribution in [0.5, 0.6) is 0 Å². The lowest BCUT2D eigenvalue weighted by molar-refractivity contribution is 0.498. The van der Waals surface area contributed by atoms with Crippen molar-refractivity contribution < 1.29 is 12.8 Å². The Bertz CT molecular complexity index is 644. The summed E-state index contributed by atoms with van der Waals surface area (Å²) in [7, 11) is -1.69. The first-order valence-electron chi connectivity index (χ1n) is 6.41. The SMILES string of the molecule is CCNCc1cc(S(=O)(=O)NCc2ccco2)cn1C. The molecule has 2 heterocycles. The molecule has 20 heavy (non-hydrogen) atoms. The van der Waals surface area contributed by atoms with Gasteiger partial charge in [0.2, 0.25) is 10.0 Å². The minimum absolute atomic E-state index is 0.146. The van der Waals surface area contributed by atoms with Gasteiger partial charge in [0.25, 0.3) is 0 Å². The van der Waals surface area contributed by atoms with Gasteiger partial charge in [-0.2, -0.15) is 0 Å². The molecule has 0 saturated carbocycles. The lowest BCUT2D eigenvalue weighted by atomic mass is 10.4. The van der Waals surface area contributed by atoms with Gasteiger partial charge in [0.05, 0.1) is 17.7 Å². The minimum Gasteiger partial charge on any atom is -0.468 e. The van der Waals surface area contributed by atoms with Gasteiger partial charge in [-0.15, -0.1) is 0 Å². The van der Waals surface area contributed by atoms with E-state index in [-0.39, 0.29) is 11.4 Å². The summed E-state index contributed by atoms with van der Waals surface area (Å²) in [6, 6.07) is 5.12. The number of rotatable bonds is 7. The van der Waals surface area contributed by atoms with Crippen molar-refractivity contribution >= 4 is 10.0 Å². The molecule has 0 aliphatic rings. The summed E-state index contributed by atoms with van der Waals surface area (Å²) < 4.78 is 33.8. The van der Waals surface area contributed by atoms with Gasteiger partial charge in [0.1, 0.15) is 5.76 Å². The first-order chi connectivity index (χ1) is 9.53. The first-order valence-corrected chi connectivity index (χ1v) is 7.89. The molecule has 0 fully saturated rings. The second-order valence-corrected chi connectivity index (χ2v) is 6.23. The van der Waals surface area contributed by atoms with Crippen molar-refractivity contribution in [1.29, 1.82) is 0 Å². The molecule has 0 aliphatic heterocycles. The van der Waals surface area contributed by atoms with E-state index in [0.29, 0.717) is 12.3 Å². The van der Waals surface area contributed by atoms with Crippen LogP contribution >= 0.6 is 0 Å². The van der Waals surface area contributed by atoms with E-state index in [2.05, 4.69) is 10.0 Å². The molecule has 2 rings (SSSR count). The van der Waals surface area contributed by atoms with Gasteiger partial charge in [0, 0.05) is 25.5 Å². The molecule has 7 heteroatoms. The molecule has 0 saturated heterocycles. The smallest absolute Gasteiger partial charge is 0.242 e. The molecule has 0 atom stereocenters. The van der Waals surface area contributed by atoms with Crippen molar-refractivity contribution in [3.63, 3.8) is 0 Å². The third-order valence-corrected chi connectivity index (χ3v) is 4.33. The van der Waals surface area contributed by atoms with Crippen LogP contribution < -0.4 is 10.0 Å². The molecule has 6 nitrogen and oxygen atoms in total. The van der Waals surface area contributed by atoms with E-state index < -0.39 is 10.0 Å². The van der Waals surface area contributed by atoms with Crippen molar-refractivity contribution in [2.45, 2.75) is 24.9 Å². The van der Waals surface area contributed by atoms with Crippen molar-refractivity contribution in [1.82, 2.24) is 14.6 Å². The second kappa shape index (κ2) is 6.25. The molecule has 0 aromatic carbocycles. The van der Waals surface area contributed by atoms with E-state index in [1.807, 2.05) is 18.5 Å². The Kier molecular flexibility index (Phi) is 4.64. The van der Waals surface area contributed by atoms with Gasteiger partial charge in [-0.1, -0.05) is 6.92 Å². The third kappa shape index (κ3) is 3.50. The van der Waals surface area contributed by atoms with E-state index in [0.717, 1.165) is 12.2 Å². The quantitative estimate of drug-likeness (QED) is 0.805. The normalized spacial score (nSPS) is 11.9. The van der Waals surface area contributed by atoms with E-state index in [1.165, 1.54) is 6.26 Å². The largest absolute Gasteiger partial charge is 0.468 e. The van der Waals surface area contributed by atoms with Gasteiger partial charge in [-0.25, -0.2) is 13.1 Å². The fraction of sp³-hybridized carbons (Fsp3) is 0.385. The molecule has 0 aliphatic carbocycles. The molecule has 0 bridgehead atoms. The highest BCUT2D eigenvalue weighted by Gasteiger charge is 2.17. The van der Waals surface area contributed by atoms with E-state index in [4.69, 9.17) is 4.42 Å². The lowest BCUT2D eigenvalue weighted by Gasteiger charge is -2.02. The first kappa shape index (κ1) is 14.8. The summed E-state index contributed by atoms with van der Waals surface area (Å²) in [4.78, 5) is 0.263. The van der Waals surface area contributed by atoms with Crippen molar-refractivity contribution in [2.75, 3.05) is 6.54 Å². The van der Waals surface area contributed by atoms with Gasteiger partial charge in [-0.3, -0.25) is 0 Å². The van der Waals surface area contributed by atoms with Crippen LogP contribution in [-0.4, -0.2) is 19.5 Å². The topological polar surface area (TPSA) is 76.3 Å². The van der Waals surface area contributed by atoms with Crippen molar-refractivity contribution in [2.24, 2.45) is 7.05 Å². The Morgan fingerprint density at radius 1 is 1.35 bits per heavy atom. The maximum atomic E-state index is 12.2. The Morgan fingerprint density at radius 3 is 2.80 bits per heavy atom. The molecule has 2 aromatic heterocycles. The van der Waals surface area contributed by atoms with Crippen molar-refractivity contribution in [3.8, 4) is 0 Å². The molecular formula is C13H19N3O3S. The van der Waals surface area contributed by atoms with Gasteiger partial charge < -0.3 is 14.3 Å². The molecule has 2 aromatic rings. The number of nitrogens with zero attached hydrogens (tertiary/aromatic N) is 1. The molecule has 0 unspecified atom stereocenters. The van der Waals surface area contributed by atoms with Crippen LogP contribution in [0.4, 0.5) is 0 Å². The Hall–Kier alpha value is -1.57. The Labute approximate surface area is 118 Å². The van der Waals surface area contributed by atoms with Crippen LogP contribution in [0, 0.1) is 0 Å². The summed E-state index contributed by atoms with van der Waals surface area (Å²) in [6.45, 7) is 3.63. The zero-order chi connectivity index (χ0) is 14.6. The van der Waals surface area contributed by atoms with Crippen LogP contribution in [0.1, 0.15) is 18.4 Å². The number of furan rings is 1.